The summed E-state index contributed by atoms with van der Waals surface area (Å²) in [5.74, 6) is 0.654. The van der Waals surface area contributed by atoms with Crippen molar-refractivity contribution in [1.82, 2.24) is 19.7 Å². The summed E-state index contributed by atoms with van der Waals surface area (Å²) in [6.45, 7) is 3.78. The van der Waals surface area contributed by atoms with Crippen molar-refractivity contribution in [3.8, 4) is 17.2 Å². The molecule has 0 unspecified atom stereocenters. The summed E-state index contributed by atoms with van der Waals surface area (Å²) in [6.07, 6.45) is 0. The molecule has 2 aromatic carbocycles. The fourth-order valence-electron chi connectivity index (χ4n) is 3.90. The highest BCUT2D eigenvalue weighted by Gasteiger charge is 2.33. The highest BCUT2D eigenvalue weighted by molar-refractivity contribution is 8.00. The van der Waals surface area contributed by atoms with Gasteiger partial charge in [0.05, 0.1) is 16.7 Å². The van der Waals surface area contributed by atoms with Crippen LogP contribution in [0.15, 0.2) is 60.7 Å². The van der Waals surface area contributed by atoms with E-state index in [2.05, 4.69) is 15.3 Å². The fraction of sp³-hybridized carbons (Fsp3) is 0.167. The highest BCUT2D eigenvalue weighted by Crippen LogP contribution is 2.46. The molecule has 4 aromatic rings. The van der Waals surface area contributed by atoms with Crippen molar-refractivity contribution in [1.29, 1.82) is 0 Å². The molecular formula is C24H20FN5OS. The summed E-state index contributed by atoms with van der Waals surface area (Å²) in [4.78, 5) is 21.8. The van der Waals surface area contributed by atoms with Gasteiger partial charge in [-0.05, 0) is 37.6 Å². The van der Waals surface area contributed by atoms with Gasteiger partial charge < -0.3 is 5.32 Å². The lowest BCUT2D eigenvalue weighted by Crippen LogP contribution is -2.17. The highest BCUT2D eigenvalue weighted by atomic mass is 32.2. The van der Waals surface area contributed by atoms with Crippen LogP contribution >= 0.6 is 11.8 Å². The molecule has 32 heavy (non-hydrogen) atoms. The SMILES string of the molecule is Cc1cc(C)nc(-n2nc(-c3ccccc3)c3c2NC(=O)CS[C@H]3c2cccc(F)c2)n1. The molecule has 1 N–H and O–H groups in total. The van der Waals surface area contributed by atoms with Crippen LogP contribution in [0.2, 0.25) is 0 Å². The maximum atomic E-state index is 14.1. The van der Waals surface area contributed by atoms with E-state index in [1.807, 2.05) is 56.3 Å². The molecule has 1 atom stereocenters. The first-order valence-electron chi connectivity index (χ1n) is 10.2. The molecule has 0 radical (unpaired) electrons. The summed E-state index contributed by atoms with van der Waals surface area (Å²) in [5.41, 5.74) is 4.77. The molecule has 2 aromatic heterocycles. The van der Waals surface area contributed by atoms with Crippen molar-refractivity contribution < 1.29 is 9.18 Å². The first-order valence-corrected chi connectivity index (χ1v) is 11.2. The summed E-state index contributed by atoms with van der Waals surface area (Å²) in [7, 11) is 0. The second kappa shape index (κ2) is 8.20. The summed E-state index contributed by atoms with van der Waals surface area (Å²) < 4.78 is 15.7. The number of hydrogen-bond donors (Lipinski definition) is 1. The number of amides is 1. The van der Waals surface area contributed by atoms with E-state index in [1.165, 1.54) is 23.9 Å². The molecule has 0 bridgehead atoms. The van der Waals surface area contributed by atoms with Crippen LogP contribution in [-0.2, 0) is 4.79 Å². The molecule has 160 valence electrons. The minimum absolute atomic E-state index is 0.153. The molecule has 0 saturated heterocycles. The number of aromatic nitrogens is 4. The number of nitrogens with one attached hydrogen (secondary N) is 1. The molecule has 8 heteroatoms. The summed E-state index contributed by atoms with van der Waals surface area (Å²) in [6, 6.07) is 18.1. The Hall–Kier alpha value is -3.52. The van der Waals surface area contributed by atoms with E-state index < -0.39 is 0 Å². The Labute approximate surface area is 188 Å². The Kier molecular flexibility index (Phi) is 5.22. The number of thioether (sulfide) groups is 1. The largest absolute Gasteiger partial charge is 0.309 e. The van der Waals surface area contributed by atoms with Crippen LogP contribution in [0, 0.1) is 19.7 Å². The van der Waals surface area contributed by atoms with Gasteiger partial charge in [0.2, 0.25) is 5.91 Å². The minimum atomic E-state index is -0.320. The van der Waals surface area contributed by atoms with Gasteiger partial charge in [-0.1, -0.05) is 42.5 Å². The van der Waals surface area contributed by atoms with E-state index in [9.17, 15) is 9.18 Å². The van der Waals surface area contributed by atoms with Gasteiger partial charge in [0.1, 0.15) is 11.6 Å². The molecule has 1 amide bonds. The van der Waals surface area contributed by atoms with Gasteiger partial charge in [-0.3, -0.25) is 4.79 Å². The van der Waals surface area contributed by atoms with Crippen LogP contribution < -0.4 is 5.32 Å². The zero-order chi connectivity index (χ0) is 22.2. The second-order valence-electron chi connectivity index (χ2n) is 7.63. The normalized spacial score (nSPS) is 15.7. The smallest absolute Gasteiger partial charge is 0.252 e. The number of anilines is 1. The predicted molar refractivity (Wildman–Crippen MR) is 123 cm³/mol. The lowest BCUT2D eigenvalue weighted by Gasteiger charge is -2.16. The molecule has 1 aliphatic rings. The van der Waals surface area contributed by atoms with Crippen molar-refractivity contribution in [2.75, 3.05) is 11.1 Å². The number of nitrogens with zero attached hydrogens (tertiary/aromatic N) is 4. The lowest BCUT2D eigenvalue weighted by atomic mass is 10.00. The average molecular weight is 446 g/mol. The maximum Gasteiger partial charge on any atom is 0.252 e. The van der Waals surface area contributed by atoms with Crippen molar-refractivity contribution in [3.63, 3.8) is 0 Å². The van der Waals surface area contributed by atoms with E-state index in [-0.39, 0.29) is 22.7 Å². The molecular weight excluding hydrogens is 425 g/mol. The zero-order valence-electron chi connectivity index (χ0n) is 17.5. The number of carbonyl (C=O) groups is 1. The first-order chi connectivity index (χ1) is 15.5. The van der Waals surface area contributed by atoms with Crippen LogP contribution in [0.1, 0.15) is 27.8 Å². The van der Waals surface area contributed by atoms with Gasteiger partial charge >= 0.3 is 0 Å². The lowest BCUT2D eigenvalue weighted by molar-refractivity contribution is -0.113. The van der Waals surface area contributed by atoms with Crippen LogP contribution in [0.25, 0.3) is 17.2 Å². The van der Waals surface area contributed by atoms with Gasteiger partial charge in [-0.25, -0.2) is 14.4 Å². The molecule has 1 aliphatic heterocycles. The predicted octanol–water partition coefficient (Wildman–Crippen LogP) is 4.86. The van der Waals surface area contributed by atoms with E-state index >= 15 is 0 Å². The van der Waals surface area contributed by atoms with Crippen LogP contribution in [-0.4, -0.2) is 31.4 Å². The third-order valence-corrected chi connectivity index (χ3v) is 6.45. The summed E-state index contributed by atoms with van der Waals surface area (Å²) >= 11 is 1.45. The molecule has 3 heterocycles. The molecule has 0 saturated carbocycles. The van der Waals surface area contributed by atoms with Gasteiger partial charge in [-0.15, -0.1) is 11.8 Å². The number of rotatable bonds is 3. The van der Waals surface area contributed by atoms with Crippen LogP contribution in [0.5, 0.6) is 0 Å². The number of aryl methyl sites for hydroxylation is 2. The Morgan fingerprint density at radius 3 is 2.50 bits per heavy atom. The molecule has 0 aliphatic carbocycles. The van der Waals surface area contributed by atoms with Crippen LogP contribution in [0.4, 0.5) is 10.2 Å². The number of benzene rings is 2. The average Bonchev–Trinajstić information content (AvgIpc) is 3.04. The third-order valence-electron chi connectivity index (χ3n) is 5.18. The standard InChI is InChI=1S/C24H20FN5OS/c1-14-11-15(2)27-24(26-14)30-23-20(21(29-30)16-7-4-3-5-8-16)22(32-13-19(31)28-23)17-9-6-10-18(25)12-17/h3-12,22H,13H2,1-2H3,(H,28,31)/t22-/m0/s1. The molecule has 0 fully saturated rings. The maximum absolute atomic E-state index is 14.1. The van der Waals surface area contributed by atoms with E-state index in [1.54, 1.807) is 10.7 Å². The van der Waals surface area contributed by atoms with Gasteiger partial charge in [0.15, 0.2) is 0 Å². The fourth-order valence-corrected chi connectivity index (χ4v) is 5.02. The Morgan fingerprint density at radius 2 is 1.78 bits per heavy atom. The van der Waals surface area contributed by atoms with Crippen LogP contribution in [0.3, 0.4) is 0 Å². The molecule has 5 rings (SSSR count). The minimum Gasteiger partial charge on any atom is -0.309 e. The van der Waals surface area contributed by atoms with Crippen molar-refractivity contribution in [3.05, 3.63) is 89.0 Å². The Morgan fingerprint density at radius 1 is 1.03 bits per heavy atom. The second-order valence-corrected chi connectivity index (χ2v) is 8.73. The van der Waals surface area contributed by atoms with E-state index in [0.717, 1.165) is 28.1 Å². The molecule has 6 nitrogen and oxygen atoms in total. The Bertz CT molecular complexity index is 1300. The monoisotopic (exact) mass is 445 g/mol. The topological polar surface area (TPSA) is 72.7 Å². The zero-order valence-corrected chi connectivity index (χ0v) is 18.4. The van der Waals surface area contributed by atoms with Crippen molar-refractivity contribution in [2.45, 2.75) is 19.1 Å². The number of carbonyl (C=O) groups excluding carboxylic acids is 1. The first kappa shape index (κ1) is 20.4. The quantitative estimate of drug-likeness (QED) is 0.488. The van der Waals surface area contributed by atoms with Crippen molar-refractivity contribution >= 4 is 23.5 Å². The number of hydrogen-bond acceptors (Lipinski definition) is 5. The Balaban J connectivity index is 1.81. The number of halogens is 1. The summed E-state index contributed by atoms with van der Waals surface area (Å²) in [5, 5.41) is 7.56. The van der Waals surface area contributed by atoms with Gasteiger partial charge in [0, 0.05) is 22.5 Å². The number of fused-ring (bicyclic) bond motifs is 1. The van der Waals surface area contributed by atoms with E-state index in [0.29, 0.717) is 17.5 Å². The third kappa shape index (κ3) is 3.78. The van der Waals surface area contributed by atoms with E-state index in [4.69, 9.17) is 5.10 Å². The molecule has 0 spiro atoms. The van der Waals surface area contributed by atoms with Gasteiger partial charge in [0.25, 0.3) is 5.95 Å². The van der Waals surface area contributed by atoms with Gasteiger partial charge in [-0.2, -0.15) is 9.78 Å². The van der Waals surface area contributed by atoms with Crippen molar-refractivity contribution in [2.24, 2.45) is 0 Å².